The fourth-order valence-corrected chi connectivity index (χ4v) is 4.25. The van der Waals surface area contributed by atoms with Gasteiger partial charge in [-0.3, -0.25) is 9.69 Å². The zero-order valence-corrected chi connectivity index (χ0v) is 17.6. The zero-order chi connectivity index (χ0) is 20.2. The number of ether oxygens (including phenoxy) is 1. The van der Waals surface area contributed by atoms with Gasteiger partial charge in [0, 0.05) is 35.6 Å². The fourth-order valence-electron chi connectivity index (χ4n) is 3.31. The Morgan fingerprint density at radius 1 is 1.24 bits per heavy atom. The van der Waals surface area contributed by atoms with E-state index in [2.05, 4.69) is 15.2 Å². The van der Waals surface area contributed by atoms with Crippen LogP contribution in [-0.4, -0.2) is 48.6 Å². The molecule has 1 amide bonds. The van der Waals surface area contributed by atoms with Gasteiger partial charge < -0.3 is 14.5 Å². The Bertz CT molecular complexity index is 964. The lowest BCUT2D eigenvalue weighted by Crippen LogP contribution is -2.43. The zero-order valence-electron chi connectivity index (χ0n) is 16.1. The number of nitrogens with zero attached hydrogens (tertiary/aromatic N) is 2. The van der Waals surface area contributed by atoms with Crippen LogP contribution in [0.3, 0.4) is 0 Å². The molecule has 6 nitrogen and oxygen atoms in total. The topological polar surface area (TPSA) is 67.6 Å². The van der Waals surface area contributed by atoms with Crippen LogP contribution in [0.5, 0.6) is 0 Å². The van der Waals surface area contributed by atoms with Crippen molar-refractivity contribution in [2.45, 2.75) is 13.0 Å². The van der Waals surface area contributed by atoms with E-state index in [0.717, 1.165) is 35.2 Å². The van der Waals surface area contributed by atoms with E-state index in [4.69, 9.17) is 20.8 Å². The van der Waals surface area contributed by atoms with Crippen LogP contribution in [0.2, 0.25) is 5.02 Å². The molecule has 0 radical (unpaired) electrons. The summed E-state index contributed by atoms with van der Waals surface area (Å²) in [5, 5.41) is 6.26. The number of amides is 1. The molecule has 0 unspecified atom stereocenters. The van der Waals surface area contributed by atoms with Crippen molar-refractivity contribution in [1.29, 1.82) is 0 Å². The number of hydrogen-bond acceptors (Lipinski definition) is 6. The van der Waals surface area contributed by atoms with E-state index in [1.807, 2.05) is 43.3 Å². The monoisotopic (exact) mass is 431 g/mol. The molecule has 2 aromatic heterocycles. The quantitative estimate of drug-likeness (QED) is 0.634. The van der Waals surface area contributed by atoms with Crippen molar-refractivity contribution in [3.05, 3.63) is 64.0 Å². The first-order valence-corrected chi connectivity index (χ1v) is 10.7. The molecule has 4 rings (SSSR count). The SMILES string of the molecule is Cc1ccc([C@H](CNC(=O)c2csc(-c3ccc(Cl)cc3)n2)N2CCOCC2)o1. The number of aryl methyl sites for hydroxylation is 1. The first-order chi connectivity index (χ1) is 14.1. The minimum atomic E-state index is -0.192. The molecule has 3 aromatic rings. The lowest BCUT2D eigenvalue weighted by molar-refractivity contribution is 0.0117. The number of nitrogens with one attached hydrogen (secondary N) is 1. The van der Waals surface area contributed by atoms with E-state index >= 15 is 0 Å². The predicted molar refractivity (Wildman–Crippen MR) is 113 cm³/mol. The Hall–Kier alpha value is -2.19. The number of hydrogen-bond donors (Lipinski definition) is 1. The fraction of sp³-hybridized carbons (Fsp3) is 0.333. The van der Waals surface area contributed by atoms with E-state index in [1.54, 1.807) is 5.38 Å². The maximum absolute atomic E-state index is 12.7. The normalized spacial score (nSPS) is 15.9. The molecule has 8 heteroatoms. The highest BCUT2D eigenvalue weighted by molar-refractivity contribution is 7.13. The number of furan rings is 1. The van der Waals surface area contributed by atoms with Gasteiger partial charge in [0.15, 0.2) is 0 Å². The third-order valence-electron chi connectivity index (χ3n) is 4.86. The van der Waals surface area contributed by atoms with Gasteiger partial charge in [-0.05, 0) is 31.2 Å². The predicted octanol–water partition coefficient (Wildman–Crippen LogP) is 4.17. The molecule has 152 valence electrons. The van der Waals surface area contributed by atoms with Crippen molar-refractivity contribution in [3.63, 3.8) is 0 Å². The Kier molecular flexibility index (Phi) is 6.30. The van der Waals surface area contributed by atoms with Crippen LogP contribution in [-0.2, 0) is 4.74 Å². The van der Waals surface area contributed by atoms with Gasteiger partial charge >= 0.3 is 0 Å². The molecular weight excluding hydrogens is 410 g/mol. The summed E-state index contributed by atoms with van der Waals surface area (Å²) in [6.07, 6.45) is 0. The molecule has 1 N–H and O–H groups in total. The number of carbonyl (C=O) groups excluding carboxylic acids is 1. The summed E-state index contributed by atoms with van der Waals surface area (Å²) < 4.78 is 11.3. The smallest absolute Gasteiger partial charge is 0.270 e. The van der Waals surface area contributed by atoms with Gasteiger partial charge in [-0.15, -0.1) is 11.3 Å². The van der Waals surface area contributed by atoms with Crippen molar-refractivity contribution >= 4 is 28.8 Å². The molecule has 29 heavy (non-hydrogen) atoms. The van der Waals surface area contributed by atoms with Crippen LogP contribution in [0.15, 0.2) is 46.2 Å². The maximum Gasteiger partial charge on any atom is 0.270 e. The van der Waals surface area contributed by atoms with Crippen LogP contribution in [0.1, 0.15) is 28.1 Å². The van der Waals surface area contributed by atoms with Gasteiger partial charge in [0.2, 0.25) is 0 Å². The highest BCUT2D eigenvalue weighted by atomic mass is 35.5. The molecule has 0 spiro atoms. The maximum atomic E-state index is 12.7. The first kappa shape index (κ1) is 20.1. The Morgan fingerprint density at radius 3 is 2.69 bits per heavy atom. The third-order valence-corrected chi connectivity index (χ3v) is 6.00. The molecule has 1 saturated heterocycles. The standard InChI is InChI=1S/C21H22ClN3O3S/c1-14-2-7-19(28-14)18(25-8-10-27-11-9-25)12-23-20(26)17-13-29-21(24-17)15-3-5-16(22)6-4-15/h2-7,13,18H,8-12H2,1H3,(H,23,26)/t18-/m0/s1. The average molecular weight is 432 g/mol. The largest absolute Gasteiger partial charge is 0.465 e. The van der Waals surface area contributed by atoms with Crippen molar-refractivity contribution in [1.82, 2.24) is 15.2 Å². The van der Waals surface area contributed by atoms with Crippen LogP contribution >= 0.6 is 22.9 Å². The van der Waals surface area contributed by atoms with Crippen molar-refractivity contribution in [2.75, 3.05) is 32.8 Å². The van der Waals surface area contributed by atoms with Crippen LogP contribution in [0.4, 0.5) is 0 Å². The van der Waals surface area contributed by atoms with E-state index in [9.17, 15) is 4.79 Å². The number of benzene rings is 1. The summed E-state index contributed by atoms with van der Waals surface area (Å²) in [5.41, 5.74) is 1.35. The molecule has 1 aromatic carbocycles. The molecule has 0 aliphatic carbocycles. The molecule has 0 bridgehead atoms. The minimum absolute atomic E-state index is 0.0362. The Morgan fingerprint density at radius 2 is 2.00 bits per heavy atom. The van der Waals surface area contributed by atoms with Crippen LogP contribution in [0.25, 0.3) is 10.6 Å². The number of halogens is 1. The van der Waals surface area contributed by atoms with Gasteiger partial charge in [0.05, 0.1) is 19.3 Å². The molecule has 1 aliphatic heterocycles. The summed E-state index contributed by atoms with van der Waals surface area (Å²) in [6, 6.07) is 11.3. The van der Waals surface area contributed by atoms with Gasteiger partial charge in [-0.25, -0.2) is 4.98 Å². The summed E-state index contributed by atoms with van der Waals surface area (Å²) >= 11 is 7.38. The van der Waals surface area contributed by atoms with Gasteiger partial charge in [-0.2, -0.15) is 0 Å². The van der Waals surface area contributed by atoms with Crippen molar-refractivity contribution in [3.8, 4) is 10.6 Å². The van der Waals surface area contributed by atoms with E-state index in [1.165, 1.54) is 11.3 Å². The van der Waals surface area contributed by atoms with E-state index < -0.39 is 0 Å². The van der Waals surface area contributed by atoms with Gasteiger partial charge in [0.25, 0.3) is 5.91 Å². The molecule has 0 saturated carbocycles. The van der Waals surface area contributed by atoms with Gasteiger partial charge in [-0.1, -0.05) is 23.7 Å². The number of thiazole rings is 1. The summed E-state index contributed by atoms with van der Waals surface area (Å²) in [4.78, 5) is 19.5. The van der Waals surface area contributed by atoms with Crippen molar-refractivity contribution < 1.29 is 13.9 Å². The van der Waals surface area contributed by atoms with Gasteiger partial charge in [0.1, 0.15) is 22.2 Å². The molecular formula is C21H22ClN3O3S. The molecule has 1 fully saturated rings. The third kappa shape index (κ3) is 4.87. The lowest BCUT2D eigenvalue weighted by atomic mass is 10.1. The van der Waals surface area contributed by atoms with Crippen LogP contribution in [0, 0.1) is 6.92 Å². The second-order valence-electron chi connectivity index (χ2n) is 6.87. The second kappa shape index (κ2) is 9.09. The van der Waals surface area contributed by atoms with E-state index in [0.29, 0.717) is 30.5 Å². The van der Waals surface area contributed by atoms with Crippen LogP contribution < -0.4 is 5.32 Å². The average Bonchev–Trinajstić information content (AvgIpc) is 3.39. The number of morpholine rings is 1. The molecule has 1 aliphatic rings. The molecule has 3 heterocycles. The summed E-state index contributed by atoms with van der Waals surface area (Å²) in [6.45, 7) is 5.34. The minimum Gasteiger partial charge on any atom is -0.465 e. The first-order valence-electron chi connectivity index (χ1n) is 9.48. The highest BCUT2D eigenvalue weighted by Crippen LogP contribution is 2.26. The Balaban J connectivity index is 1.44. The number of rotatable bonds is 6. The number of carbonyl (C=O) groups is 1. The lowest BCUT2D eigenvalue weighted by Gasteiger charge is -2.33. The number of aromatic nitrogens is 1. The summed E-state index contributed by atoms with van der Waals surface area (Å²) in [7, 11) is 0. The molecule has 1 atom stereocenters. The highest BCUT2D eigenvalue weighted by Gasteiger charge is 2.26. The Labute approximate surface area is 178 Å². The summed E-state index contributed by atoms with van der Waals surface area (Å²) in [5.74, 6) is 1.52. The van der Waals surface area contributed by atoms with E-state index in [-0.39, 0.29) is 11.9 Å². The second-order valence-corrected chi connectivity index (χ2v) is 8.16. The van der Waals surface area contributed by atoms with Crippen molar-refractivity contribution in [2.24, 2.45) is 0 Å².